The molecule has 0 radical (unpaired) electrons. The molecule has 0 fully saturated rings. The van der Waals surface area contributed by atoms with Crippen molar-refractivity contribution in [1.29, 1.82) is 0 Å². The first-order chi connectivity index (χ1) is 9.81. The number of nitro benzene ring substituents is 1. The molecule has 0 N–H and O–H groups in total. The van der Waals surface area contributed by atoms with E-state index in [1.165, 1.54) is 12.1 Å². The van der Waals surface area contributed by atoms with Gasteiger partial charge in [-0.1, -0.05) is 35.9 Å². The summed E-state index contributed by atoms with van der Waals surface area (Å²) in [5.74, 6) is -0.723. The zero-order valence-electron chi connectivity index (χ0n) is 10.2. The van der Waals surface area contributed by atoms with Crippen LogP contribution < -0.4 is 0 Å². The average Bonchev–Trinajstić information content (AvgIpc) is 2.42. The van der Waals surface area contributed by atoms with Gasteiger partial charge in [0.25, 0.3) is 5.69 Å². The Hall–Kier alpha value is -2.19. The van der Waals surface area contributed by atoms with E-state index in [4.69, 9.17) is 11.6 Å². The number of sulfonamides is 1. The number of hydrogen-bond donors (Lipinski definition) is 0. The summed E-state index contributed by atoms with van der Waals surface area (Å²) in [6.45, 7) is 0. The van der Waals surface area contributed by atoms with Crippen LogP contribution in [0.2, 0.25) is 5.02 Å². The molecule has 0 bridgehead atoms. The lowest BCUT2D eigenvalue weighted by Crippen LogP contribution is -2.02. The van der Waals surface area contributed by atoms with Crippen molar-refractivity contribution in [3.8, 4) is 0 Å². The molecule has 0 aromatic heterocycles. The van der Waals surface area contributed by atoms with Gasteiger partial charge in [0.1, 0.15) is 20.7 Å². The van der Waals surface area contributed by atoms with Gasteiger partial charge in [0.15, 0.2) is 0 Å². The second-order valence-electron chi connectivity index (χ2n) is 3.89. The Morgan fingerprint density at radius 1 is 1.19 bits per heavy atom. The van der Waals surface area contributed by atoms with Crippen molar-refractivity contribution >= 4 is 33.0 Å². The molecular weight excluding hydrogens is 323 g/mol. The van der Waals surface area contributed by atoms with Gasteiger partial charge in [-0.25, -0.2) is 12.8 Å². The van der Waals surface area contributed by atoms with Crippen molar-refractivity contribution in [2.24, 2.45) is 0 Å². The molecule has 2 aromatic carbocycles. The van der Waals surface area contributed by atoms with Gasteiger partial charge in [-0.2, -0.15) is 0 Å². The van der Waals surface area contributed by atoms with Crippen LogP contribution in [0, 0.1) is 15.9 Å². The third-order valence-electron chi connectivity index (χ3n) is 2.47. The van der Waals surface area contributed by atoms with E-state index < -0.39 is 31.3 Å². The van der Waals surface area contributed by atoms with Crippen LogP contribution in [0.15, 0.2) is 47.4 Å². The molecule has 0 atom stereocenters. The Morgan fingerprint density at radius 2 is 1.86 bits per heavy atom. The molecular formula is C12H7ClFN2O4S-. The Labute approximate surface area is 124 Å². The summed E-state index contributed by atoms with van der Waals surface area (Å²) in [5, 5.41) is 10.6. The predicted octanol–water partition coefficient (Wildman–Crippen LogP) is 3.78. The molecule has 0 heterocycles. The van der Waals surface area contributed by atoms with Crippen molar-refractivity contribution in [3.63, 3.8) is 0 Å². The molecule has 0 spiro atoms. The monoisotopic (exact) mass is 329 g/mol. The van der Waals surface area contributed by atoms with Gasteiger partial charge >= 0.3 is 0 Å². The van der Waals surface area contributed by atoms with Gasteiger partial charge < -0.3 is 4.72 Å². The molecule has 9 heteroatoms. The van der Waals surface area contributed by atoms with Gasteiger partial charge in [-0.3, -0.25) is 10.1 Å². The quantitative estimate of drug-likeness (QED) is 0.630. The molecule has 21 heavy (non-hydrogen) atoms. The average molecular weight is 330 g/mol. The maximum atomic E-state index is 13.0. The van der Waals surface area contributed by atoms with Gasteiger partial charge in [-0.05, 0) is 12.1 Å². The summed E-state index contributed by atoms with van der Waals surface area (Å²) in [7, 11) is -4.32. The van der Waals surface area contributed by atoms with E-state index in [0.717, 1.165) is 30.3 Å². The fourth-order valence-corrected chi connectivity index (χ4v) is 2.88. The molecule has 2 aromatic rings. The van der Waals surface area contributed by atoms with Crippen LogP contribution >= 0.6 is 11.6 Å². The maximum absolute atomic E-state index is 13.0. The highest BCUT2D eigenvalue weighted by Gasteiger charge is 2.19. The van der Waals surface area contributed by atoms with Crippen LogP contribution in [0.5, 0.6) is 0 Å². The first kappa shape index (κ1) is 15.2. The number of para-hydroxylation sites is 1. The van der Waals surface area contributed by atoms with Crippen LogP contribution in [0.4, 0.5) is 15.8 Å². The summed E-state index contributed by atoms with van der Waals surface area (Å²) < 4.78 is 40.7. The number of hydrogen-bond acceptors (Lipinski definition) is 4. The minimum Gasteiger partial charge on any atom is -0.572 e. The van der Waals surface area contributed by atoms with Crippen LogP contribution in [0.3, 0.4) is 0 Å². The van der Waals surface area contributed by atoms with E-state index in [9.17, 15) is 22.9 Å². The van der Waals surface area contributed by atoms with Gasteiger partial charge in [0, 0.05) is 6.07 Å². The zero-order chi connectivity index (χ0) is 15.6. The highest BCUT2D eigenvalue weighted by molar-refractivity contribution is 7.94. The molecule has 0 saturated heterocycles. The summed E-state index contributed by atoms with van der Waals surface area (Å²) in [4.78, 5) is 9.48. The minimum absolute atomic E-state index is 0.125. The van der Waals surface area contributed by atoms with Gasteiger partial charge in [0.2, 0.25) is 0 Å². The van der Waals surface area contributed by atoms with E-state index in [-0.39, 0.29) is 10.7 Å². The second-order valence-corrected chi connectivity index (χ2v) is 5.87. The number of nitro groups is 1. The molecule has 110 valence electrons. The van der Waals surface area contributed by atoms with Crippen LogP contribution in [-0.4, -0.2) is 13.3 Å². The lowest BCUT2D eigenvalue weighted by Gasteiger charge is -2.21. The summed E-state index contributed by atoms with van der Waals surface area (Å²) in [5.41, 5.74) is -0.714. The first-order valence-electron chi connectivity index (χ1n) is 5.48. The Morgan fingerprint density at radius 3 is 2.48 bits per heavy atom. The fraction of sp³-hybridized carbons (Fsp3) is 0. The Bertz CT molecular complexity index is 811. The third kappa shape index (κ3) is 3.29. The smallest absolute Gasteiger partial charge is 0.286 e. The highest BCUT2D eigenvalue weighted by Crippen LogP contribution is 2.34. The van der Waals surface area contributed by atoms with E-state index >= 15 is 0 Å². The van der Waals surface area contributed by atoms with Crippen LogP contribution in [-0.2, 0) is 10.0 Å². The van der Waals surface area contributed by atoms with E-state index in [1.54, 1.807) is 0 Å². The molecule has 0 aliphatic rings. The normalized spacial score (nSPS) is 11.1. The number of rotatable bonds is 4. The number of benzene rings is 2. The van der Waals surface area contributed by atoms with Crippen molar-refractivity contribution in [3.05, 3.63) is 68.1 Å². The Balaban J connectivity index is 2.43. The highest BCUT2D eigenvalue weighted by atomic mass is 35.5. The van der Waals surface area contributed by atoms with Crippen LogP contribution in [0.25, 0.3) is 4.72 Å². The largest absolute Gasteiger partial charge is 0.572 e. The predicted molar refractivity (Wildman–Crippen MR) is 74.7 cm³/mol. The van der Waals surface area contributed by atoms with Crippen molar-refractivity contribution in [2.75, 3.05) is 0 Å². The second kappa shape index (κ2) is 5.66. The minimum atomic E-state index is -4.32. The van der Waals surface area contributed by atoms with E-state index in [0.29, 0.717) is 0 Å². The molecule has 0 unspecified atom stereocenters. The topological polar surface area (TPSA) is 91.4 Å². The lowest BCUT2D eigenvalue weighted by molar-refractivity contribution is -0.387. The molecule has 0 saturated carbocycles. The van der Waals surface area contributed by atoms with Crippen molar-refractivity contribution < 1.29 is 17.7 Å². The van der Waals surface area contributed by atoms with Gasteiger partial charge in [-0.15, -0.1) is 5.69 Å². The van der Waals surface area contributed by atoms with Crippen molar-refractivity contribution in [2.45, 2.75) is 4.90 Å². The fourth-order valence-electron chi connectivity index (χ4n) is 1.56. The van der Waals surface area contributed by atoms with Gasteiger partial charge in [0.05, 0.1) is 9.95 Å². The molecule has 0 amide bonds. The standard InChI is InChI=1S/C12H7ClFN2O4S/c13-9-7-8(5-6-10(9)14)15-21(19,20)12-4-2-1-3-11(12)16(17)18/h1-7H/q-1. The first-order valence-corrected chi connectivity index (χ1v) is 7.29. The molecule has 6 nitrogen and oxygen atoms in total. The van der Waals surface area contributed by atoms with E-state index in [2.05, 4.69) is 4.72 Å². The summed E-state index contributed by atoms with van der Waals surface area (Å²) >= 11 is 5.53. The molecule has 0 aliphatic heterocycles. The third-order valence-corrected chi connectivity index (χ3v) is 4.11. The van der Waals surface area contributed by atoms with E-state index in [1.807, 2.05) is 0 Å². The summed E-state index contributed by atoms with van der Waals surface area (Å²) in [6.07, 6.45) is 0. The Kier molecular flexibility index (Phi) is 4.10. The summed E-state index contributed by atoms with van der Waals surface area (Å²) in [6, 6.07) is 7.88. The SMILES string of the molecule is O=[N+]([O-])c1ccccc1S(=O)(=O)[N-]c1ccc(F)c(Cl)c1. The number of halogens is 2. The zero-order valence-corrected chi connectivity index (χ0v) is 11.8. The maximum Gasteiger partial charge on any atom is 0.286 e. The lowest BCUT2D eigenvalue weighted by atomic mass is 10.3. The number of nitrogens with zero attached hydrogens (tertiary/aromatic N) is 2. The molecule has 2 rings (SSSR count). The van der Waals surface area contributed by atoms with Crippen LogP contribution in [0.1, 0.15) is 0 Å². The van der Waals surface area contributed by atoms with Crippen molar-refractivity contribution in [1.82, 2.24) is 0 Å². The molecule has 0 aliphatic carbocycles.